The average molecular weight is 589 g/mol. The van der Waals surface area contributed by atoms with Gasteiger partial charge >= 0.3 is 11.9 Å². The normalized spacial score (nSPS) is 10.9. The summed E-state index contributed by atoms with van der Waals surface area (Å²) in [7, 11) is 0. The number of carbonyl (C=O) groups excluding carboxylic acids is 2. The lowest BCUT2D eigenvalue weighted by molar-refractivity contribution is -0.135. The van der Waals surface area contributed by atoms with Crippen LogP contribution >= 0.6 is 0 Å². The molecular weight excluding hydrogens is 553 g/mol. The monoisotopic (exact) mass is 588 g/mol. The predicted octanol–water partition coefficient (Wildman–Crippen LogP) is 9.77. The van der Waals surface area contributed by atoms with Gasteiger partial charge in [-0.2, -0.15) is 0 Å². The first-order valence-corrected chi connectivity index (χ1v) is 14.6. The van der Waals surface area contributed by atoms with E-state index in [1.807, 2.05) is 31.2 Å². The highest BCUT2D eigenvalue weighted by molar-refractivity contribution is 5.74. The zero-order valence-electron chi connectivity index (χ0n) is 24.2. The smallest absolute Gasteiger partial charge is 0.311 e. The lowest BCUT2D eigenvalue weighted by Crippen LogP contribution is -2.08. The van der Waals surface area contributed by atoms with E-state index >= 15 is 0 Å². The molecule has 0 fully saturated rings. The van der Waals surface area contributed by atoms with Crippen molar-refractivity contribution in [3.05, 3.63) is 108 Å². The lowest BCUT2D eigenvalue weighted by Gasteiger charge is -2.08. The van der Waals surface area contributed by atoms with E-state index in [1.54, 1.807) is 12.1 Å². The van der Waals surface area contributed by atoms with Crippen LogP contribution < -0.4 is 9.47 Å². The SMILES string of the molecule is Cc1ccc(-c2ccc(OC(=O)CCCCCCCCCC(=O)Oc3ccc(-c4ccc(F)cc4)c(F)c3)cc2F)cc1. The molecule has 0 bridgehead atoms. The molecule has 0 aromatic heterocycles. The van der Waals surface area contributed by atoms with Crippen molar-refractivity contribution < 1.29 is 32.2 Å². The van der Waals surface area contributed by atoms with E-state index in [0.717, 1.165) is 49.3 Å². The largest absolute Gasteiger partial charge is 0.426 e. The van der Waals surface area contributed by atoms with Gasteiger partial charge in [0.25, 0.3) is 0 Å². The van der Waals surface area contributed by atoms with Gasteiger partial charge in [-0.25, -0.2) is 13.2 Å². The number of halogens is 3. The fourth-order valence-electron chi connectivity index (χ4n) is 4.74. The Balaban J connectivity index is 1.05. The molecule has 4 aromatic rings. The Kier molecular flexibility index (Phi) is 11.5. The van der Waals surface area contributed by atoms with Gasteiger partial charge in [0.15, 0.2) is 0 Å². The zero-order chi connectivity index (χ0) is 30.6. The maximum absolute atomic E-state index is 14.6. The van der Waals surface area contributed by atoms with E-state index in [-0.39, 0.29) is 30.3 Å². The van der Waals surface area contributed by atoms with Crippen LogP contribution in [-0.2, 0) is 9.59 Å². The first kappa shape index (κ1) is 31.5. The van der Waals surface area contributed by atoms with Gasteiger partial charge in [-0.3, -0.25) is 9.59 Å². The number of hydrogen-bond donors (Lipinski definition) is 0. The zero-order valence-corrected chi connectivity index (χ0v) is 24.2. The first-order valence-electron chi connectivity index (χ1n) is 14.6. The van der Waals surface area contributed by atoms with Gasteiger partial charge in [-0.05, 0) is 67.3 Å². The number of carbonyl (C=O) groups is 2. The van der Waals surface area contributed by atoms with Gasteiger partial charge in [0.1, 0.15) is 29.0 Å². The van der Waals surface area contributed by atoms with Crippen LogP contribution in [-0.4, -0.2) is 11.9 Å². The van der Waals surface area contributed by atoms with Gasteiger partial charge in [0, 0.05) is 36.1 Å². The van der Waals surface area contributed by atoms with Gasteiger partial charge in [0.2, 0.25) is 0 Å². The second-order valence-corrected chi connectivity index (χ2v) is 10.6. The Hall–Kier alpha value is -4.39. The molecule has 0 atom stereocenters. The predicted molar refractivity (Wildman–Crippen MR) is 161 cm³/mol. The maximum atomic E-state index is 14.6. The van der Waals surface area contributed by atoms with Crippen LogP contribution in [0.25, 0.3) is 22.3 Å². The minimum Gasteiger partial charge on any atom is -0.426 e. The van der Waals surface area contributed by atoms with Gasteiger partial charge in [-0.1, -0.05) is 74.1 Å². The molecular formula is C36H35F3O4. The van der Waals surface area contributed by atoms with Crippen LogP contribution in [0.3, 0.4) is 0 Å². The van der Waals surface area contributed by atoms with Crippen LogP contribution in [0, 0.1) is 24.4 Å². The minimum absolute atomic E-state index is 0.135. The Morgan fingerprint density at radius 2 is 0.930 bits per heavy atom. The fourth-order valence-corrected chi connectivity index (χ4v) is 4.74. The lowest BCUT2D eigenvalue weighted by atomic mass is 10.0. The summed E-state index contributed by atoms with van der Waals surface area (Å²) >= 11 is 0. The van der Waals surface area contributed by atoms with Crippen molar-refractivity contribution >= 4 is 11.9 Å². The number of aryl methyl sites for hydroxylation is 1. The summed E-state index contributed by atoms with van der Waals surface area (Å²) in [6, 6.07) is 21.7. The molecule has 7 heteroatoms. The van der Waals surface area contributed by atoms with Gasteiger partial charge in [0.05, 0.1) is 0 Å². The molecule has 0 aliphatic heterocycles. The molecule has 0 unspecified atom stereocenters. The summed E-state index contributed by atoms with van der Waals surface area (Å²) in [4.78, 5) is 24.3. The maximum Gasteiger partial charge on any atom is 0.311 e. The molecule has 0 radical (unpaired) electrons. The summed E-state index contributed by atoms with van der Waals surface area (Å²) in [5.74, 6) is -1.85. The molecule has 0 N–H and O–H groups in total. The molecule has 0 heterocycles. The van der Waals surface area contributed by atoms with Gasteiger partial charge < -0.3 is 9.47 Å². The summed E-state index contributed by atoms with van der Waals surface area (Å²) in [6.07, 6.45) is 6.47. The molecule has 0 aliphatic carbocycles. The fraction of sp³-hybridized carbons (Fsp3) is 0.278. The molecule has 0 amide bonds. The average Bonchev–Trinajstić information content (AvgIpc) is 2.98. The number of unbranched alkanes of at least 4 members (excludes halogenated alkanes) is 6. The van der Waals surface area contributed by atoms with Crippen LogP contribution in [0.5, 0.6) is 11.5 Å². The van der Waals surface area contributed by atoms with E-state index < -0.39 is 23.4 Å². The summed E-state index contributed by atoms with van der Waals surface area (Å²) in [5, 5.41) is 0. The molecule has 4 aromatic carbocycles. The number of ether oxygens (including phenoxy) is 2. The van der Waals surface area contributed by atoms with Crippen molar-refractivity contribution in [3.63, 3.8) is 0 Å². The molecule has 0 spiro atoms. The topological polar surface area (TPSA) is 52.6 Å². The van der Waals surface area contributed by atoms with Gasteiger partial charge in [-0.15, -0.1) is 0 Å². The molecule has 4 rings (SSSR count). The second kappa shape index (κ2) is 15.7. The molecule has 224 valence electrons. The van der Waals surface area contributed by atoms with Crippen LogP contribution in [0.15, 0.2) is 84.9 Å². The molecule has 0 saturated carbocycles. The van der Waals surface area contributed by atoms with Crippen LogP contribution in [0.1, 0.15) is 63.4 Å². The quantitative estimate of drug-likeness (QED) is 0.0836. The third-order valence-electron chi connectivity index (χ3n) is 7.12. The first-order chi connectivity index (χ1) is 20.8. The Bertz CT molecular complexity index is 1400. The number of hydrogen-bond acceptors (Lipinski definition) is 4. The number of benzene rings is 4. The van der Waals surface area contributed by atoms with Crippen LogP contribution in [0.4, 0.5) is 13.2 Å². The Morgan fingerprint density at radius 1 is 0.535 bits per heavy atom. The highest BCUT2D eigenvalue weighted by atomic mass is 19.1. The third-order valence-corrected chi connectivity index (χ3v) is 7.12. The van der Waals surface area contributed by atoms with E-state index in [4.69, 9.17) is 9.47 Å². The van der Waals surface area contributed by atoms with Crippen molar-refractivity contribution in [1.29, 1.82) is 0 Å². The van der Waals surface area contributed by atoms with Crippen LogP contribution in [0.2, 0.25) is 0 Å². The van der Waals surface area contributed by atoms with Crippen molar-refractivity contribution in [1.82, 2.24) is 0 Å². The summed E-state index contributed by atoms with van der Waals surface area (Å²) in [5.41, 5.74) is 3.16. The molecule has 0 aliphatic rings. The summed E-state index contributed by atoms with van der Waals surface area (Å²) < 4.78 is 52.7. The summed E-state index contributed by atoms with van der Waals surface area (Å²) in [6.45, 7) is 1.97. The van der Waals surface area contributed by atoms with Crippen molar-refractivity contribution in [2.45, 2.75) is 64.7 Å². The molecule has 0 saturated heterocycles. The Morgan fingerprint density at radius 3 is 1.35 bits per heavy atom. The second-order valence-electron chi connectivity index (χ2n) is 10.6. The van der Waals surface area contributed by atoms with E-state index in [0.29, 0.717) is 29.5 Å². The Labute approximate surface area is 250 Å². The van der Waals surface area contributed by atoms with Crippen molar-refractivity contribution in [2.75, 3.05) is 0 Å². The standard InChI is InChI=1S/C36H35F3O4/c1-25-11-13-26(14-12-25)31-21-19-29(23-33(31)38)42-35(40)9-7-5-3-2-4-6-8-10-36(41)43-30-20-22-32(34(39)24-30)27-15-17-28(37)18-16-27/h11-24H,2-10H2,1H3. The van der Waals surface area contributed by atoms with Crippen molar-refractivity contribution in [3.8, 4) is 33.8 Å². The highest BCUT2D eigenvalue weighted by Gasteiger charge is 2.12. The minimum atomic E-state index is -0.549. The number of esters is 2. The molecule has 4 nitrogen and oxygen atoms in total. The highest BCUT2D eigenvalue weighted by Crippen LogP contribution is 2.28. The van der Waals surface area contributed by atoms with E-state index in [1.165, 1.54) is 42.5 Å². The molecule has 43 heavy (non-hydrogen) atoms. The third kappa shape index (κ3) is 9.84. The van der Waals surface area contributed by atoms with E-state index in [9.17, 15) is 22.8 Å². The number of rotatable bonds is 14. The van der Waals surface area contributed by atoms with E-state index in [2.05, 4.69) is 0 Å². The van der Waals surface area contributed by atoms with Crippen molar-refractivity contribution in [2.24, 2.45) is 0 Å².